The minimum Gasteiger partial charge on any atom is -0.321 e. The molecule has 0 bridgehead atoms. The monoisotopic (exact) mass is 231 g/mol. The van der Waals surface area contributed by atoms with Crippen molar-refractivity contribution in [1.29, 1.82) is 0 Å². The summed E-state index contributed by atoms with van der Waals surface area (Å²) in [6.45, 7) is 0. The lowest BCUT2D eigenvalue weighted by atomic mass is 10.2. The Morgan fingerprint density at radius 3 is 2.81 bits per heavy atom. The molecule has 1 aromatic carbocycles. The third-order valence-electron chi connectivity index (χ3n) is 2.00. The molecule has 0 fully saturated rings. The number of carbonyl (C=O) groups excluding carboxylic acids is 1. The van der Waals surface area contributed by atoms with Gasteiger partial charge in [0, 0.05) is 6.20 Å². The van der Waals surface area contributed by atoms with Crippen LogP contribution in [0, 0.1) is 6.20 Å². The first-order valence-corrected chi connectivity index (χ1v) is 5.03. The van der Waals surface area contributed by atoms with Gasteiger partial charge in [-0.3, -0.25) is 9.78 Å². The van der Waals surface area contributed by atoms with E-state index in [0.29, 0.717) is 16.3 Å². The van der Waals surface area contributed by atoms with E-state index in [1.165, 1.54) is 6.20 Å². The van der Waals surface area contributed by atoms with E-state index >= 15 is 0 Å². The van der Waals surface area contributed by atoms with Crippen molar-refractivity contribution in [3.05, 3.63) is 59.4 Å². The Hall–Kier alpha value is -1.87. The number of halogens is 1. The van der Waals surface area contributed by atoms with Crippen LogP contribution >= 0.6 is 11.6 Å². The molecule has 0 unspecified atom stereocenters. The minimum absolute atomic E-state index is 0.241. The SMILES string of the molecule is O=C(Nc1ccccc1Cl)c1cc[c]nc1. The number of amides is 1. The van der Waals surface area contributed by atoms with Crippen molar-refractivity contribution in [2.75, 3.05) is 5.32 Å². The van der Waals surface area contributed by atoms with E-state index in [2.05, 4.69) is 16.5 Å². The van der Waals surface area contributed by atoms with Crippen LogP contribution in [0.2, 0.25) is 5.02 Å². The van der Waals surface area contributed by atoms with Crippen LogP contribution in [0.15, 0.2) is 42.6 Å². The smallest absolute Gasteiger partial charge is 0.257 e. The fourth-order valence-corrected chi connectivity index (χ4v) is 1.39. The summed E-state index contributed by atoms with van der Waals surface area (Å²) in [4.78, 5) is 15.5. The molecule has 0 atom stereocenters. The number of rotatable bonds is 2. The van der Waals surface area contributed by atoms with Gasteiger partial charge in [0.1, 0.15) is 0 Å². The predicted molar refractivity (Wildman–Crippen MR) is 62.5 cm³/mol. The maximum atomic E-state index is 11.7. The molecule has 1 amide bonds. The summed E-state index contributed by atoms with van der Waals surface area (Å²) in [5.74, 6) is -0.241. The summed E-state index contributed by atoms with van der Waals surface area (Å²) in [5, 5.41) is 3.21. The highest BCUT2D eigenvalue weighted by Gasteiger charge is 2.07. The van der Waals surface area contributed by atoms with Gasteiger partial charge in [-0.1, -0.05) is 23.7 Å². The Morgan fingerprint density at radius 1 is 1.31 bits per heavy atom. The van der Waals surface area contributed by atoms with Crippen LogP contribution in [0.4, 0.5) is 5.69 Å². The van der Waals surface area contributed by atoms with E-state index in [9.17, 15) is 4.79 Å². The Kier molecular flexibility index (Phi) is 3.17. The van der Waals surface area contributed by atoms with E-state index in [-0.39, 0.29) is 5.91 Å². The molecule has 0 aliphatic carbocycles. The maximum Gasteiger partial charge on any atom is 0.257 e. The Bertz CT molecular complexity index is 499. The van der Waals surface area contributed by atoms with E-state index in [1.54, 1.807) is 36.4 Å². The summed E-state index contributed by atoms with van der Waals surface area (Å²) in [5.41, 5.74) is 1.06. The largest absolute Gasteiger partial charge is 0.321 e. The molecule has 0 aliphatic heterocycles. The summed E-state index contributed by atoms with van der Waals surface area (Å²) in [6, 6.07) is 10.3. The summed E-state index contributed by atoms with van der Waals surface area (Å²) in [6.07, 6.45) is 4.06. The Labute approximate surface area is 98.1 Å². The molecule has 79 valence electrons. The van der Waals surface area contributed by atoms with Crippen LogP contribution in [-0.4, -0.2) is 10.9 Å². The maximum absolute atomic E-state index is 11.7. The van der Waals surface area contributed by atoms with Crippen LogP contribution < -0.4 is 5.32 Å². The number of nitrogens with zero attached hydrogens (tertiary/aromatic N) is 1. The fourth-order valence-electron chi connectivity index (χ4n) is 1.21. The Morgan fingerprint density at radius 2 is 2.12 bits per heavy atom. The molecule has 1 radical (unpaired) electrons. The first-order chi connectivity index (χ1) is 7.77. The average Bonchev–Trinajstić information content (AvgIpc) is 2.33. The number of aromatic nitrogens is 1. The lowest BCUT2D eigenvalue weighted by molar-refractivity contribution is 0.102. The third kappa shape index (κ3) is 2.38. The van der Waals surface area contributed by atoms with Gasteiger partial charge in [-0.15, -0.1) is 0 Å². The van der Waals surface area contributed by atoms with Crippen LogP contribution in [0.1, 0.15) is 10.4 Å². The molecule has 4 heteroatoms. The lowest BCUT2D eigenvalue weighted by Crippen LogP contribution is -2.12. The third-order valence-corrected chi connectivity index (χ3v) is 2.33. The summed E-state index contributed by atoms with van der Waals surface area (Å²) >= 11 is 5.92. The normalized spacial score (nSPS) is 9.81. The predicted octanol–water partition coefficient (Wildman–Crippen LogP) is 2.79. The zero-order chi connectivity index (χ0) is 11.4. The van der Waals surface area contributed by atoms with Gasteiger partial charge in [0.05, 0.1) is 22.5 Å². The van der Waals surface area contributed by atoms with E-state index in [1.807, 2.05) is 0 Å². The van der Waals surface area contributed by atoms with Crippen LogP contribution in [0.25, 0.3) is 0 Å². The van der Waals surface area contributed by atoms with Crippen molar-refractivity contribution in [3.63, 3.8) is 0 Å². The molecule has 2 rings (SSSR count). The molecule has 1 aromatic heterocycles. The second kappa shape index (κ2) is 4.77. The molecule has 1 N–H and O–H groups in total. The number of hydrogen-bond acceptors (Lipinski definition) is 2. The van der Waals surface area contributed by atoms with Crippen molar-refractivity contribution in [3.8, 4) is 0 Å². The van der Waals surface area contributed by atoms with E-state index in [4.69, 9.17) is 11.6 Å². The highest BCUT2D eigenvalue weighted by Crippen LogP contribution is 2.20. The van der Waals surface area contributed by atoms with Gasteiger partial charge in [0.25, 0.3) is 5.91 Å². The zero-order valence-corrected chi connectivity index (χ0v) is 9.03. The standard InChI is InChI=1S/C12H8ClN2O/c13-10-5-1-2-6-11(10)15-12(16)9-4-3-7-14-8-9/h1-6,8H,(H,15,16). The number of anilines is 1. The molecule has 0 aliphatic rings. The second-order valence-corrected chi connectivity index (χ2v) is 3.52. The number of hydrogen-bond donors (Lipinski definition) is 1. The van der Waals surface area contributed by atoms with Crippen molar-refractivity contribution in [2.24, 2.45) is 0 Å². The molecular weight excluding hydrogens is 224 g/mol. The Balaban J connectivity index is 2.18. The van der Waals surface area contributed by atoms with Crippen molar-refractivity contribution in [2.45, 2.75) is 0 Å². The molecule has 16 heavy (non-hydrogen) atoms. The topological polar surface area (TPSA) is 42.0 Å². The van der Waals surface area contributed by atoms with Crippen LogP contribution in [0.5, 0.6) is 0 Å². The zero-order valence-electron chi connectivity index (χ0n) is 8.27. The second-order valence-electron chi connectivity index (χ2n) is 3.11. The molecule has 0 saturated heterocycles. The highest BCUT2D eigenvalue weighted by atomic mass is 35.5. The highest BCUT2D eigenvalue weighted by molar-refractivity contribution is 6.33. The fraction of sp³-hybridized carbons (Fsp3) is 0. The van der Waals surface area contributed by atoms with Gasteiger partial charge in [-0.25, -0.2) is 0 Å². The molecule has 0 saturated carbocycles. The minimum atomic E-state index is -0.241. The molecule has 0 spiro atoms. The summed E-state index contributed by atoms with van der Waals surface area (Å²) < 4.78 is 0. The van der Waals surface area contributed by atoms with Gasteiger partial charge < -0.3 is 5.32 Å². The average molecular weight is 232 g/mol. The van der Waals surface area contributed by atoms with Gasteiger partial charge in [-0.2, -0.15) is 0 Å². The summed E-state index contributed by atoms with van der Waals surface area (Å²) in [7, 11) is 0. The van der Waals surface area contributed by atoms with Gasteiger partial charge in [-0.05, 0) is 24.3 Å². The number of para-hydroxylation sites is 1. The van der Waals surface area contributed by atoms with E-state index < -0.39 is 0 Å². The number of benzene rings is 1. The number of nitrogens with one attached hydrogen (secondary N) is 1. The van der Waals surface area contributed by atoms with Crippen LogP contribution in [-0.2, 0) is 0 Å². The molecule has 3 nitrogen and oxygen atoms in total. The number of carbonyl (C=O) groups is 1. The van der Waals surface area contributed by atoms with Gasteiger partial charge in [0.2, 0.25) is 0 Å². The molecule has 2 aromatic rings. The van der Waals surface area contributed by atoms with Crippen molar-refractivity contribution < 1.29 is 4.79 Å². The van der Waals surface area contributed by atoms with Gasteiger partial charge in [0.15, 0.2) is 0 Å². The van der Waals surface area contributed by atoms with Crippen LogP contribution in [0.3, 0.4) is 0 Å². The first kappa shape index (κ1) is 10.6. The van der Waals surface area contributed by atoms with E-state index in [0.717, 1.165) is 0 Å². The van der Waals surface area contributed by atoms with Crippen molar-refractivity contribution >= 4 is 23.2 Å². The number of pyridine rings is 1. The lowest BCUT2D eigenvalue weighted by Gasteiger charge is -2.06. The van der Waals surface area contributed by atoms with Crippen molar-refractivity contribution in [1.82, 2.24) is 4.98 Å². The molecular formula is C12H8ClN2O. The first-order valence-electron chi connectivity index (χ1n) is 4.65. The van der Waals surface area contributed by atoms with Gasteiger partial charge >= 0.3 is 0 Å². The molecule has 1 heterocycles. The quantitative estimate of drug-likeness (QED) is 0.864.